The Morgan fingerprint density at radius 2 is 2.09 bits per heavy atom. The van der Waals surface area contributed by atoms with Crippen molar-refractivity contribution < 1.29 is 34.2 Å². The summed E-state index contributed by atoms with van der Waals surface area (Å²) < 4.78 is 5.74. The molecule has 0 fully saturated rings. The van der Waals surface area contributed by atoms with Gasteiger partial charge in [0.05, 0.1) is 18.0 Å². The van der Waals surface area contributed by atoms with Gasteiger partial charge in [-0.15, -0.1) is 10.1 Å². The number of amides is 3. The van der Waals surface area contributed by atoms with Crippen molar-refractivity contribution in [3.63, 3.8) is 0 Å². The number of aliphatic hydroxyl groups excluding tert-OH is 1. The normalized spacial score (nSPS) is 13.3. The van der Waals surface area contributed by atoms with Crippen LogP contribution in [0.15, 0.2) is 12.1 Å². The van der Waals surface area contributed by atoms with Crippen LogP contribution in [0.5, 0.6) is 5.75 Å². The third-order valence-electron chi connectivity index (χ3n) is 4.63. The predicted octanol–water partition coefficient (Wildman–Crippen LogP) is -0.0363. The summed E-state index contributed by atoms with van der Waals surface area (Å²) in [7, 11) is 0. The lowest BCUT2D eigenvalue weighted by Crippen LogP contribution is -2.37. The predicted molar refractivity (Wildman–Crippen MR) is 117 cm³/mol. The second kappa shape index (κ2) is 13.2. The van der Waals surface area contributed by atoms with Crippen molar-refractivity contribution in [1.82, 2.24) is 10.6 Å². The summed E-state index contributed by atoms with van der Waals surface area (Å²) in [5.74, 6) is -0.126. The van der Waals surface area contributed by atoms with Crippen molar-refractivity contribution >= 4 is 29.1 Å². The van der Waals surface area contributed by atoms with Crippen LogP contribution in [0.3, 0.4) is 0 Å². The molecule has 33 heavy (non-hydrogen) atoms. The average Bonchev–Trinajstić information content (AvgIpc) is 2.75. The van der Waals surface area contributed by atoms with Gasteiger partial charge < -0.3 is 35.9 Å². The molecule has 0 aromatic heterocycles. The molecule has 0 saturated carbocycles. The number of fused-ring (bicyclic) bond motifs is 1. The number of carbonyl (C=O) groups is 3. The van der Waals surface area contributed by atoms with Gasteiger partial charge in [0, 0.05) is 45.0 Å². The van der Waals surface area contributed by atoms with Gasteiger partial charge in [-0.1, -0.05) is 0 Å². The second-order valence-electron chi connectivity index (χ2n) is 7.37. The molecule has 1 aliphatic heterocycles. The Bertz CT molecular complexity index is 863. The van der Waals surface area contributed by atoms with Crippen LogP contribution in [0, 0.1) is 10.1 Å². The van der Waals surface area contributed by atoms with Crippen LogP contribution in [0.2, 0.25) is 0 Å². The van der Waals surface area contributed by atoms with Gasteiger partial charge in [0.1, 0.15) is 18.5 Å². The van der Waals surface area contributed by atoms with E-state index in [1.807, 2.05) is 0 Å². The van der Waals surface area contributed by atoms with E-state index in [4.69, 9.17) is 4.74 Å². The van der Waals surface area contributed by atoms with E-state index < -0.39 is 11.2 Å². The summed E-state index contributed by atoms with van der Waals surface area (Å²) in [6, 6.07) is 3.33. The summed E-state index contributed by atoms with van der Waals surface area (Å²) in [5.41, 5.74) is 1.76. The quantitative estimate of drug-likeness (QED) is 0.142. The summed E-state index contributed by atoms with van der Waals surface area (Å²) in [5, 5.41) is 30.4. The van der Waals surface area contributed by atoms with Crippen LogP contribution in [-0.4, -0.2) is 66.9 Å². The van der Waals surface area contributed by atoms with E-state index in [1.54, 1.807) is 12.1 Å². The minimum absolute atomic E-state index is 0.00960. The highest BCUT2D eigenvalue weighted by Crippen LogP contribution is 2.37. The molecule has 13 nitrogen and oxygen atoms in total. The number of benzene rings is 1. The zero-order chi connectivity index (χ0) is 24.2. The molecular formula is C20H29N5O8. The number of aliphatic hydroxyl groups is 1. The fourth-order valence-electron chi connectivity index (χ4n) is 3.15. The number of anilines is 2. The molecule has 0 radical (unpaired) electrons. The van der Waals surface area contributed by atoms with Crippen LogP contribution in [-0.2, 0) is 25.6 Å². The van der Waals surface area contributed by atoms with Gasteiger partial charge >= 0.3 is 0 Å². The topological polar surface area (TPSA) is 181 Å². The molecule has 13 heteroatoms. The maximum Gasteiger partial charge on any atom is 0.294 e. The van der Waals surface area contributed by atoms with E-state index in [2.05, 4.69) is 26.1 Å². The van der Waals surface area contributed by atoms with E-state index in [1.165, 1.54) is 6.92 Å². The van der Waals surface area contributed by atoms with Gasteiger partial charge in [0.15, 0.2) is 0 Å². The van der Waals surface area contributed by atoms with Crippen LogP contribution in [0.4, 0.5) is 11.4 Å². The molecule has 182 valence electrons. The lowest BCUT2D eigenvalue weighted by molar-refractivity contribution is -0.757. The van der Waals surface area contributed by atoms with Crippen LogP contribution >= 0.6 is 0 Å². The van der Waals surface area contributed by atoms with E-state index in [-0.39, 0.29) is 50.3 Å². The zero-order valence-corrected chi connectivity index (χ0v) is 18.3. The number of hydrogen-bond donors (Lipinski definition) is 5. The lowest BCUT2D eigenvalue weighted by Gasteiger charge is -2.24. The Balaban J connectivity index is 1.70. The number of carbonyl (C=O) groups excluding carboxylic acids is 3. The Kier molecular flexibility index (Phi) is 10.3. The average molecular weight is 467 g/mol. The molecule has 1 aromatic carbocycles. The van der Waals surface area contributed by atoms with Crippen molar-refractivity contribution in [2.45, 2.75) is 38.7 Å². The second-order valence-corrected chi connectivity index (χ2v) is 7.37. The SMILES string of the molecule is CC(=O)Nc1ccc(OCC(O)CNCCNC(=O)CCCO[N+](=O)[O-])c2c1NC(=O)CC2. The van der Waals surface area contributed by atoms with Crippen molar-refractivity contribution in [2.75, 3.05) is 43.5 Å². The van der Waals surface area contributed by atoms with Crippen molar-refractivity contribution in [1.29, 1.82) is 0 Å². The maximum absolute atomic E-state index is 11.8. The van der Waals surface area contributed by atoms with Gasteiger partial charge in [0.2, 0.25) is 17.7 Å². The standard InChI is InChI=1S/C20H29N5O8/c1-13(26)23-16-5-6-17(15-4-7-19(29)24-20(15)16)32-12-14(27)11-21-8-9-22-18(28)3-2-10-33-25(30)31/h5-6,14,21,27H,2-4,7-12H2,1H3,(H,22,28)(H,23,26)(H,24,29). The van der Waals surface area contributed by atoms with Gasteiger partial charge in [-0.05, 0) is 25.0 Å². The largest absolute Gasteiger partial charge is 0.490 e. The van der Waals surface area contributed by atoms with Crippen molar-refractivity contribution in [3.05, 3.63) is 27.8 Å². The molecule has 2 rings (SSSR count). The number of hydrogen-bond acceptors (Lipinski definition) is 9. The summed E-state index contributed by atoms with van der Waals surface area (Å²) >= 11 is 0. The molecule has 0 aliphatic carbocycles. The minimum Gasteiger partial charge on any atom is -0.490 e. The summed E-state index contributed by atoms with van der Waals surface area (Å²) in [6.07, 6.45) is 0.302. The van der Waals surface area contributed by atoms with Crippen LogP contribution in [0.1, 0.15) is 31.7 Å². The van der Waals surface area contributed by atoms with Crippen molar-refractivity contribution in [3.8, 4) is 5.75 Å². The molecule has 3 amide bonds. The minimum atomic E-state index is -0.899. The maximum atomic E-state index is 11.8. The molecule has 1 heterocycles. The van der Waals surface area contributed by atoms with Gasteiger partial charge in [-0.25, -0.2) is 0 Å². The number of ether oxygens (including phenoxy) is 1. The molecule has 1 atom stereocenters. The molecule has 0 saturated heterocycles. The van der Waals surface area contributed by atoms with Gasteiger partial charge in [0.25, 0.3) is 5.09 Å². The smallest absolute Gasteiger partial charge is 0.294 e. The Hall–Kier alpha value is -3.45. The molecule has 0 bridgehead atoms. The third-order valence-corrected chi connectivity index (χ3v) is 4.63. The first-order valence-electron chi connectivity index (χ1n) is 10.5. The van der Waals surface area contributed by atoms with E-state index >= 15 is 0 Å². The molecule has 5 N–H and O–H groups in total. The van der Waals surface area contributed by atoms with Crippen LogP contribution < -0.4 is 26.0 Å². The lowest BCUT2D eigenvalue weighted by atomic mass is 10.0. The highest BCUT2D eigenvalue weighted by atomic mass is 16.9. The van der Waals surface area contributed by atoms with E-state index in [0.29, 0.717) is 43.1 Å². The monoisotopic (exact) mass is 467 g/mol. The molecular weight excluding hydrogens is 438 g/mol. The fourth-order valence-corrected chi connectivity index (χ4v) is 3.15. The number of nitrogens with zero attached hydrogens (tertiary/aromatic N) is 1. The highest BCUT2D eigenvalue weighted by molar-refractivity contribution is 6.02. The number of nitrogens with one attached hydrogen (secondary N) is 4. The molecule has 0 spiro atoms. The number of rotatable bonds is 14. The van der Waals surface area contributed by atoms with Crippen LogP contribution in [0.25, 0.3) is 0 Å². The first-order valence-corrected chi connectivity index (χ1v) is 10.5. The first-order chi connectivity index (χ1) is 15.8. The fraction of sp³-hybridized carbons (Fsp3) is 0.550. The molecule has 1 aliphatic rings. The van der Waals surface area contributed by atoms with Crippen molar-refractivity contribution in [2.24, 2.45) is 0 Å². The Morgan fingerprint density at radius 3 is 2.82 bits per heavy atom. The zero-order valence-electron chi connectivity index (χ0n) is 18.3. The Labute approximate surface area is 190 Å². The summed E-state index contributed by atoms with van der Waals surface area (Å²) in [6.45, 7) is 2.24. The first kappa shape index (κ1) is 25.8. The van der Waals surface area contributed by atoms with E-state index in [0.717, 1.165) is 5.56 Å². The highest BCUT2D eigenvalue weighted by Gasteiger charge is 2.22. The van der Waals surface area contributed by atoms with Gasteiger partial charge in [-0.3, -0.25) is 14.4 Å². The molecule has 1 unspecified atom stereocenters. The third kappa shape index (κ3) is 9.29. The van der Waals surface area contributed by atoms with E-state index in [9.17, 15) is 29.6 Å². The Morgan fingerprint density at radius 1 is 1.30 bits per heavy atom. The van der Waals surface area contributed by atoms with Gasteiger partial charge in [-0.2, -0.15) is 0 Å². The summed E-state index contributed by atoms with van der Waals surface area (Å²) in [4.78, 5) is 48.9. The molecule has 1 aromatic rings.